The second kappa shape index (κ2) is 8.97. The molecular formula is C17H36N2. The first kappa shape index (κ1) is 17.0. The minimum Gasteiger partial charge on any atom is -0.311 e. The zero-order chi connectivity index (χ0) is 14.3. The molecule has 0 amide bonds. The Morgan fingerprint density at radius 3 is 2.32 bits per heavy atom. The van der Waals surface area contributed by atoms with Crippen molar-refractivity contribution in [2.45, 2.75) is 78.8 Å². The molecule has 0 aliphatic carbocycles. The molecule has 1 aliphatic heterocycles. The molecule has 0 bridgehead atoms. The van der Waals surface area contributed by atoms with E-state index in [0.29, 0.717) is 6.04 Å². The fraction of sp³-hybridized carbons (Fsp3) is 1.00. The van der Waals surface area contributed by atoms with Crippen LogP contribution in [0.15, 0.2) is 0 Å². The van der Waals surface area contributed by atoms with E-state index < -0.39 is 0 Å². The lowest BCUT2D eigenvalue weighted by atomic mass is 9.92. The highest BCUT2D eigenvalue weighted by Gasteiger charge is 2.30. The third-order valence-corrected chi connectivity index (χ3v) is 5.16. The van der Waals surface area contributed by atoms with Gasteiger partial charge in [-0.05, 0) is 18.3 Å². The highest BCUT2D eigenvalue weighted by atomic mass is 15.2. The number of nitrogens with zero attached hydrogens (tertiary/aromatic N) is 1. The van der Waals surface area contributed by atoms with Crippen LogP contribution in [-0.4, -0.2) is 36.6 Å². The van der Waals surface area contributed by atoms with Crippen molar-refractivity contribution in [3.8, 4) is 0 Å². The second-order valence-corrected chi connectivity index (χ2v) is 6.48. The number of nitrogens with one attached hydrogen (secondary N) is 1. The van der Waals surface area contributed by atoms with Gasteiger partial charge < -0.3 is 5.32 Å². The molecule has 2 nitrogen and oxygen atoms in total. The normalized spacial score (nSPS) is 26.8. The lowest BCUT2D eigenvalue weighted by molar-refractivity contribution is 0.0847. The second-order valence-electron chi connectivity index (χ2n) is 6.48. The molecule has 0 radical (unpaired) electrons. The average Bonchev–Trinajstić information content (AvgIpc) is 2.45. The SMILES string of the molecule is CCCC1CNC(C(C)CC)CN1CC(CC)CC. The highest BCUT2D eigenvalue weighted by Crippen LogP contribution is 2.21. The zero-order valence-corrected chi connectivity index (χ0v) is 13.9. The van der Waals surface area contributed by atoms with Crippen LogP contribution >= 0.6 is 0 Å². The van der Waals surface area contributed by atoms with Gasteiger partial charge in [0.05, 0.1) is 0 Å². The third-order valence-electron chi connectivity index (χ3n) is 5.16. The van der Waals surface area contributed by atoms with Crippen LogP contribution in [0.3, 0.4) is 0 Å². The molecule has 0 aromatic carbocycles. The summed E-state index contributed by atoms with van der Waals surface area (Å²) in [6.45, 7) is 15.5. The van der Waals surface area contributed by atoms with Gasteiger partial charge in [0, 0.05) is 31.7 Å². The van der Waals surface area contributed by atoms with E-state index in [1.807, 2.05) is 0 Å². The summed E-state index contributed by atoms with van der Waals surface area (Å²) in [5.41, 5.74) is 0. The van der Waals surface area contributed by atoms with Gasteiger partial charge in [-0.15, -0.1) is 0 Å². The Hall–Kier alpha value is -0.0800. The van der Waals surface area contributed by atoms with E-state index in [2.05, 4.69) is 44.8 Å². The molecule has 19 heavy (non-hydrogen) atoms. The number of hydrogen-bond acceptors (Lipinski definition) is 2. The summed E-state index contributed by atoms with van der Waals surface area (Å²) in [6, 6.07) is 1.47. The maximum Gasteiger partial charge on any atom is 0.0221 e. The van der Waals surface area contributed by atoms with Crippen LogP contribution in [0, 0.1) is 11.8 Å². The lowest BCUT2D eigenvalue weighted by Gasteiger charge is -2.43. The number of piperazine rings is 1. The van der Waals surface area contributed by atoms with Crippen LogP contribution in [0.4, 0.5) is 0 Å². The Kier molecular flexibility index (Phi) is 8.01. The van der Waals surface area contributed by atoms with Crippen molar-refractivity contribution in [1.82, 2.24) is 10.2 Å². The first-order valence-corrected chi connectivity index (χ1v) is 8.63. The summed E-state index contributed by atoms with van der Waals surface area (Å²) in [5.74, 6) is 1.68. The zero-order valence-electron chi connectivity index (χ0n) is 13.9. The van der Waals surface area contributed by atoms with Gasteiger partial charge in [0.1, 0.15) is 0 Å². The molecule has 2 heteroatoms. The molecule has 1 fully saturated rings. The maximum absolute atomic E-state index is 3.80. The summed E-state index contributed by atoms with van der Waals surface area (Å²) < 4.78 is 0. The van der Waals surface area contributed by atoms with E-state index in [4.69, 9.17) is 0 Å². The molecule has 0 aromatic heterocycles. The largest absolute Gasteiger partial charge is 0.311 e. The van der Waals surface area contributed by atoms with Crippen LogP contribution in [0.1, 0.15) is 66.7 Å². The molecule has 3 unspecified atom stereocenters. The third kappa shape index (κ3) is 5.07. The van der Waals surface area contributed by atoms with Crippen molar-refractivity contribution < 1.29 is 0 Å². The van der Waals surface area contributed by atoms with Gasteiger partial charge in [-0.25, -0.2) is 0 Å². The number of hydrogen-bond donors (Lipinski definition) is 1. The van der Waals surface area contributed by atoms with E-state index in [9.17, 15) is 0 Å². The van der Waals surface area contributed by atoms with Gasteiger partial charge in [0.2, 0.25) is 0 Å². The maximum atomic E-state index is 3.80. The van der Waals surface area contributed by atoms with Gasteiger partial charge >= 0.3 is 0 Å². The smallest absolute Gasteiger partial charge is 0.0221 e. The van der Waals surface area contributed by atoms with E-state index in [-0.39, 0.29) is 0 Å². The first-order chi connectivity index (χ1) is 9.15. The lowest BCUT2D eigenvalue weighted by Crippen LogP contribution is -2.59. The Labute approximate surface area is 121 Å². The molecule has 0 saturated carbocycles. The summed E-state index contributed by atoms with van der Waals surface area (Å²) >= 11 is 0. The Morgan fingerprint density at radius 2 is 1.79 bits per heavy atom. The minimum atomic E-state index is 0.701. The Morgan fingerprint density at radius 1 is 1.11 bits per heavy atom. The van der Waals surface area contributed by atoms with Crippen molar-refractivity contribution >= 4 is 0 Å². The Balaban J connectivity index is 2.61. The molecule has 0 aromatic rings. The molecule has 1 aliphatic rings. The molecule has 1 N–H and O–H groups in total. The fourth-order valence-corrected chi connectivity index (χ4v) is 3.27. The molecule has 114 valence electrons. The molecule has 1 heterocycles. The van der Waals surface area contributed by atoms with Crippen LogP contribution in [0.5, 0.6) is 0 Å². The minimum absolute atomic E-state index is 0.701. The van der Waals surface area contributed by atoms with Crippen molar-refractivity contribution in [2.24, 2.45) is 11.8 Å². The van der Waals surface area contributed by atoms with Gasteiger partial charge in [-0.1, -0.05) is 60.3 Å². The topological polar surface area (TPSA) is 15.3 Å². The summed E-state index contributed by atoms with van der Waals surface area (Å²) in [6.07, 6.45) is 6.59. The number of rotatable bonds is 8. The standard InChI is InChI=1S/C17H36N2/c1-6-10-16-11-18-17(14(5)7-2)13-19(16)12-15(8-3)9-4/h14-18H,6-13H2,1-5H3. The molecule has 1 rings (SSSR count). The van der Waals surface area contributed by atoms with Gasteiger partial charge in [0.15, 0.2) is 0 Å². The van der Waals surface area contributed by atoms with Crippen molar-refractivity contribution in [2.75, 3.05) is 19.6 Å². The summed E-state index contributed by atoms with van der Waals surface area (Å²) in [7, 11) is 0. The van der Waals surface area contributed by atoms with Gasteiger partial charge in [-0.3, -0.25) is 4.90 Å². The van der Waals surface area contributed by atoms with Gasteiger partial charge in [-0.2, -0.15) is 0 Å². The fourth-order valence-electron chi connectivity index (χ4n) is 3.27. The van der Waals surface area contributed by atoms with E-state index in [1.54, 1.807) is 0 Å². The van der Waals surface area contributed by atoms with Crippen LogP contribution in [0.2, 0.25) is 0 Å². The first-order valence-electron chi connectivity index (χ1n) is 8.63. The summed E-state index contributed by atoms with van der Waals surface area (Å²) in [5, 5.41) is 3.80. The average molecular weight is 268 g/mol. The predicted molar refractivity (Wildman–Crippen MR) is 85.6 cm³/mol. The van der Waals surface area contributed by atoms with Crippen LogP contribution in [0.25, 0.3) is 0 Å². The van der Waals surface area contributed by atoms with E-state index >= 15 is 0 Å². The predicted octanol–water partition coefficient (Wildman–Crippen LogP) is 3.91. The highest BCUT2D eigenvalue weighted by molar-refractivity contribution is 4.88. The van der Waals surface area contributed by atoms with Gasteiger partial charge in [0.25, 0.3) is 0 Å². The van der Waals surface area contributed by atoms with E-state index in [0.717, 1.165) is 17.9 Å². The molecule has 3 atom stereocenters. The van der Waals surface area contributed by atoms with E-state index in [1.165, 1.54) is 51.7 Å². The molecule has 1 saturated heterocycles. The van der Waals surface area contributed by atoms with Crippen molar-refractivity contribution in [1.29, 1.82) is 0 Å². The van der Waals surface area contributed by atoms with Crippen LogP contribution in [-0.2, 0) is 0 Å². The quantitative estimate of drug-likeness (QED) is 0.718. The van der Waals surface area contributed by atoms with Crippen molar-refractivity contribution in [3.63, 3.8) is 0 Å². The molecular weight excluding hydrogens is 232 g/mol. The van der Waals surface area contributed by atoms with Crippen molar-refractivity contribution in [3.05, 3.63) is 0 Å². The Bertz CT molecular complexity index is 225. The van der Waals surface area contributed by atoms with Crippen LogP contribution < -0.4 is 5.32 Å². The monoisotopic (exact) mass is 268 g/mol. The summed E-state index contributed by atoms with van der Waals surface area (Å²) in [4.78, 5) is 2.80. The molecule has 0 spiro atoms.